The van der Waals surface area contributed by atoms with Gasteiger partial charge in [0.25, 0.3) is 0 Å². The van der Waals surface area contributed by atoms with E-state index in [1.807, 2.05) is 31.2 Å². The van der Waals surface area contributed by atoms with E-state index in [4.69, 9.17) is 0 Å². The largest absolute Gasteiger partial charge is 0.325 e. The van der Waals surface area contributed by atoms with Crippen molar-refractivity contribution in [2.75, 3.05) is 11.9 Å². The quantitative estimate of drug-likeness (QED) is 0.496. The van der Waals surface area contributed by atoms with E-state index in [2.05, 4.69) is 20.0 Å². The van der Waals surface area contributed by atoms with E-state index in [-0.39, 0.29) is 11.4 Å². The average Bonchev–Trinajstić information content (AvgIpc) is 2.71. The highest BCUT2D eigenvalue weighted by molar-refractivity contribution is 7.89. The molecule has 0 saturated carbocycles. The number of nitrogens with one attached hydrogen (secondary N) is 2. The van der Waals surface area contributed by atoms with Crippen molar-refractivity contribution in [2.45, 2.75) is 11.8 Å². The van der Waals surface area contributed by atoms with Gasteiger partial charge in [-0.25, -0.2) is 23.1 Å². The second kappa shape index (κ2) is 7.57. The Morgan fingerprint density at radius 2 is 1.48 bits per heavy atom. The SMILES string of the molecule is Cc1ccc(S(=O)(=O)NCC(=O)Nc2ccc3nc4ccccc4nc3c2)cc1. The lowest BCUT2D eigenvalue weighted by Gasteiger charge is -2.09. The first-order chi connectivity index (χ1) is 13.9. The van der Waals surface area contributed by atoms with Gasteiger partial charge in [0, 0.05) is 5.69 Å². The number of para-hydroxylation sites is 2. The van der Waals surface area contributed by atoms with Crippen molar-refractivity contribution in [1.29, 1.82) is 0 Å². The molecular formula is C21H18N4O3S. The molecule has 0 spiro atoms. The van der Waals surface area contributed by atoms with Gasteiger partial charge in [0.15, 0.2) is 0 Å². The summed E-state index contributed by atoms with van der Waals surface area (Å²) >= 11 is 0. The summed E-state index contributed by atoms with van der Waals surface area (Å²) in [6.07, 6.45) is 0. The highest BCUT2D eigenvalue weighted by atomic mass is 32.2. The van der Waals surface area contributed by atoms with Crippen molar-refractivity contribution in [1.82, 2.24) is 14.7 Å². The molecule has 2 N–H and O–H groups in total. The maximum Gasteiger partial charge on any atom is 0.241 e. The second-order valence-electron chi connectivity index (χ2n) is 6.60. The lowest BCUT2D eigenvalue weighted by atomic mass is 10.2. The summed E-state index contributed by atoms with van der Waals surface area (Å²) < 4.78 is 26.9. The van der Waals surface area contributed by atoms with Crippen molar-refractivity contribution >= 4 is 43.7 Å². The second-order valence-corrected chi connectivity index (χ2v) is 8.37. The molecule has 0 aliphatic carbocycles. The monoisotopic (exact) mass is 406 g/mol. The van der Waals surface area contributed by atoms with E-state index in [9.17, 15) is 13.2 Å². The standard InChI is InChI=1S/C21H18N4O3S/c1-14-6-9-16(10-7-14)29(27,28)22-13-21(26)23-15-8-11-19-20(12-15)25-18-5-3-2-4-17(18)24-19/h2-12,22H,13H2,1H3,(H,23,26). The van der Waals surface area contributed by atoms with E-state index in [1.165, 1.54) is 12.1 Å². The summed E-state index contributed by atoms with van der Waals surface area (Å²) in [5, 5.41) is 2.68. The van der Waals surface area contributed by atoms with Gasteiger partial charge in [-0.1, -0.05) is 29.8 Å². The minimum atomic E-state index is -3.76. The first-order valence-corrected chi connectivity index (χ1v) is 10.4. The number of aryl methyl sites for hydroxylation is 1. The molecular weight excluding hydrogens is 388 g/mol. The summed E-state index contributed by atoms with van der Waals surface area (Å²) in [7, 11) is -3.76. The van der Waals surface area contributed by atoms with Crippen LogP contribution < -0.4 is 10.0 Å². The third-order valence-electron chi connectivity index (χ3n) is 4.38. The Labute approximate surface area is 167 Å². The molecule has 0 fully saturated rings. The molecule has 8 heteroatoms. The lowest BCUT2D eigenvalue weighted by molar-refractivity contribution is -0.115. The smallest absolute Gasteiger partial charge is 0.241 e. The van der Waals surface area contributed by atoms with Gasteiger partial charge in [0.2, 0.25) is 15.9 Å². The molecule has 4 rings (SSSR count). The van der Waals surface area contributed by atoms with Crippen LogP contribution in [0.5, 0.6) is 0 Å². The van der Waals surface area contributed by atoms with E-state index >= 15 is 0 Å². The Balaban J connectivity index is 1.47. The number of nitrogens with zero attached hydrogens (tertiary/aromatic N) is 2. The van der Waals surface area contributed by atoms with Gasteiger partial charge in [0.1, 0.15) is 0 Å². The van der Waals surface area contributed by atoms with Crippen LogP contribution in [0.3, 0.4) is 0 Å². The normalized spacial score (nSPS) is 11.6. The van der Waals surface area contributed by atoms with E-state index in [1.54, 1.807) is 30.3 Å². The van der Waals surface area contributed by atoms with E-state index < -0.39 is 15.9 Å². The molecule has 4 aromatic rings. The zero-order valence-electron chi connectivity index (χ0n) is 15.6. The molecule has 0 radical (unpaired) electrons. The number of fused-ring (bicyclic) bond motifs is 2. The minimum Gasteiger partial charge on any atom is -0.325 e. The molecule has 3 aromatic carbocycles. The molecule has 1 aromatic heterocycles. The van der Waals surface area contributed by atoms with Crippen LogP contribution in [0.4, 0.5) is 5.69 Å². The van der Waals surface area contributed by atoms with Crippen molar-refractivity contribution in [3.8, 4) is 0 Å². The zero-order chi connectivity index (χ0) is 20.4. The number of amides is 1. The number of carbonyl (C=O) groups excluding carboxylic acids is 1. The molecule has 29 heavy (non-hydrogen) atoms. The van der Waals surface area contributed by atoms with Crippen molar-refractivity contribution in [3.63, 3.8) is 0 Å². The highest BCUT2D eigenvalue weighted by Gasteiger charge is 2.15. The number of anilines is 1. The molecule has 7 nitrogen and oxygen atoms in total. The van der Waals surface area contributed by atoms with Crippen molar-refractivity contribution in [3.05, 3.63) is 72.3 Å². The van der Waals surface area contributed by atoms with Gasteiger partial charge >= 0.3 is 0 Å². The molecule has 0 atom stereocenters. The van der Waals surface area contributed by atoms with Gasteiger partial charge in [-0.05, 0) is 49.4 Å². The number of hydrogen-bond donors (Lipinski definition) is 2. The molecule has 0 saturated heterocycles. The molecule has 0 unspecified atom stereocenters. The van der Waals surface area contributed by atoms with Gasteiger partial charge in [-0.15, -0.1) is 0 Å². The van der Waals surface area contributed by atoms with Gasteiger partial charge < -0.3 is 5.32 Å². The van der Waals surface area contributed by atoms with Crippen LogP contribution >= 0.6 is 0 Å². The topological polar surface area (TPSA) is 101 Å². The van der Waals surface area contributed by atoms with Crippen molar-refractivity contribution in [2.24, 2.45) is 0 Å². The summed E-state index contributed by atoms with van der Waals surface area (Å²) in [6, 6.07) is 19.1. The number of benzene rings is 3. The third kappa shape index (κ3) is 4.23. The maximum atomic E-state index is 12.3. The number of sulfonamides is 1. The van der Waals surface area contributed by atoms with Crippen LogP contribution in [0.15, 0.2) is 71.6 Å². The lowest BCUT2D eigenvalue weighted by Crippen LogP contribution is -2.32. The minimum absolute atomic E-state index is 0.115. The Bertz CT molecular complexity index is 1320. The first kappa shape index (κ1) is 19.0. The Morgan fingerprint density at radius 3 is 2.17 bits per heavy atom. The van der Waals surface area contributed by atoms with Crippen LogP contribution in [0, 0.1) is 6.92 Å². The third-order valence-corrected chi connectivity index (χ3v) is 5.79. The fourth-order valence-corrected chi connectivity index (χ4v) is 3.85. The van der Waals surface area contributed by atoms with Crippen LogP contribution in [-0.2, 0) is 14.8 Å². The maximum absolute atomic E-state index is 12.3. The zero-order valence-corrected chi connectivity index (χ0v) is 16.4. The molecule has 0 aliphatic rings. The van der Waals surface area contributed by atoms with Crippen LogP contribution in [0.1, 0.15) is 5.56 Å². The van der Waals surface area contributed by atoms with Crippen LogP contribution in [0.25, 0.3) is 22.1 Å². The Hall–Kier alpha value is -3.36. The Kier molecular flexibility index (Phi) is 4.96. The van der Waals surface area contributed by atoms with Crippen molar-refractivity contribution < 1.29 is 13.2 Å². The molecule has 0 aliphatic heterocycles. The first-order valence-electron chi connectivity index (χ1n) is 8.93. The Morgan fingerprint density at radius 1 is 0.862 bits per heavy atom. The predicted molar refractivity (Wildman–Crippen MR) is 112 cm³/mol. The summed E-state index contributed by atoms with van der Waals surface area (Å²) in [5.41, 5.74) is 4.37. The summed E-state index contributed by atoms with van der Waals surface area (Å²) in [4.78, 5) is 21.4. The summed E-state index contributed by atoms with van der Waals surface area (Å²) in [6.45, 7) is 1.49. The van der Waals surface area contributed by atoms with Crippen LogP contribution in [0.2, 0.25) is 0 Å². The summed E-state index contributed by atoms with van der Waals surface area (Å²) in [5.74, 6) is -0.478. The van der Waals surface area contributed by atoms with Crippen LogP contribution in [-0.4, -0.2) is 30.8 Å². The average molecular weight is 406 g/mol. The van der Waals surface area contributed by atoms with E-state index in [0.29, 0.717) is 16.7 Å². The molecule has 1 heterocycles. The molecule has 0 bridgehead atoms. The highest BCUT2D eigenvalue weighted by Crippen LogP contribution is 2.19. The van der Waals surface area contributed by atoms with Gasteiger partial charge in [-0.2, -0.15) is 0 Å². The van der Waals surface area contributed by atoms with E-state index in [0.717, 1.165) is 16.6 Å². The number of rotatable bonds is 5. The predicted octanol–water partition coefficient (Wildman–Crippen LogP) is 3.01. The fraction of sp³-hybridized carbons (Fsp3) is 0.0952. The molecule has 146 valence electrons. The number of aromatic nitrogens is 2. The number of carbonyl (C=O) groups is 1. The number of hydrogen-bond acceptors (Lipinski definition) is 5. The molecule has 1 amide bonds. The van der Waals surface area contributed by atoms with Gasteiger partial charge in [-0.3, -0.25) is 4.79 Å². The fourth-order valence-electron chi connectivity index (χ4n) is 2.86. The van der Waals surface area contributed by atoms with Gasteiger partial charge in [0.05, 0.1) is 33.5 Å².